The third kappa shape index (κ3) is 2.86. The molecule has 3 fully saturated rings. The van der Waals surface area contributed by atoms with Crippen molar-refractivity contribution in [3.63, 3.8) is 0 Å². The van der Waals surface area contributed by atoms with Crippen LogP contribution in [0.3, 0.4) is 0 Å². The van der Waals surface area contributed by atoms with Crippen LogP contribution in [-0.2, 0) is 4.79 Å². The molecular formula is C18H26O3. The van der Waals surface area contributed by atoms with Gasteiger partial charge in [0.15, 0.2) is 5.78 Å². The van der Waals surface area contributed by atoms with Gasteiger partial charge in [-0.15, -0.1) is 0 Å². The van der Waals surface area contributed by atoms with Crippen LogP contribution in [0.2, 0.25) is 0 Å². The second kappa shape index (κ2) is 6.05. The van der Waals surface area contributed by atoms with Gasteiger partial charge in [-0.1, -0.05) is 38.0 Å². The Kier molecular flexibility index (Phi) is 4.32. The highest BCUT2D eigenvalue weighted by Gasteiger charge is 2.49. The molecule has 0 amide bonds. The van der Waals surface area contributed by atoms with Gasteiger partial charge in [0, 0.05) is 11.8 Å². The van der Waals surface area contributed by atoms with Crippen LogP contribution >= 0.6 is 0 Å². The molecule has 0 saturated heterocycles. The summed E-state index contributed by atoms with van der Waals surface area (Å²) < 4.78 is 0. The van der Waals surface area contributed by atoms with E-state index in [-0.39, 0.29) is 23.5 Å². The molecule has 21 heavy (non-hydrogen) atoms. The van der Waals surface area contributed by atoms with Gasteiger partial charge in [-0.2, -0.15) is 0 Å². The first-order chi connectivity index (χ1) is 10.1. The number of fused-ring (bicyclic) bond motifs is 1. The van der Waals surface area contributed by atoms with Gasteiger partial charge in [0.2, 0.25) is 0 Å². The summed E-state index contributed by atoms with van der Waals surface area (Å²) in [7, 11) is 0. The maximum atomic E-state index is 12.0. The Morgan fingerprint density at radius 3 is 2.67 bits per heavy atom. The molecule has 116 valence electrons. The summed E-state index contributed by atoms with van der Waals surface area (Å²) in [6.45, 7) is 3.84. The van der Waals surface area contributed by atoms with Crippen molar-refractivity contribution in [2.45, 2.75) is 57.2 Å². The summed E-state index contributed by atoms with van der Waals surface area (Å²) in [5.74, 6) is 0.646. The van der Waals surface area contributed by atoms with Gasteiger partial charge in [-0.25, -0.2) is 0 Å². The fraction of sp³-hybridized carbons (Fsp3) is 0.722. The number of aliphatic hydroxyl groups excluding tert-OH is 2. The van der Waals surface area contributed by atoms with Gasteiger partial charge in [0.05, 0.1) is 12.2 Å². The van der Waals surface area contributed by atoms with Crippen molar-refractivity contribution in [3.8, 4) is 0 Å². The van der Waals surface area contributed by atoms with Gasteiger partial charge < -0.3 is 10.2 Å². The monoisotopic (exact) mass is 290 g/mol. The van der Waals surface area contributed by atoms with E-state index in [2.05, 4.69) is 6.58 Å². The van der Waals surface area contributed by atoms with Crippen LogP contribution < -0.4 is 0 Å². The first-order valence-electron chi connectivity index (χ1n) is 8.34. The van der Waals surface area contributed by atoms with E-state index < -0.39 is 12.2 Å². The first kappa shape index (κ1) is 15.0. The predicted octanol–water partition coefficient (Wildman–Crippen LogP) is 2.63. The van der Waals surface area contributed by atoms with E-state index in [0.29, 0.717) is 24.3 Å². The molecule has 2 N–H and O–H groups in total. The Morgan fingerprint density at radius 1 is 1.24 bits per heavy atom. The molecule has 3 aliphatic rings. The topological polar surface area (TPSA) is 57.5 Å². The molecule has 0 unspecified atom stereocenters. The lowest BCUT2D eigenvalue weighted by Gasteiger charge is -2.25. The number of rotatable bonds is 3. The summed E-state index contributed by atoms with van der Waals surface area (Å²) in [6, 6.07) is 0. The summed E-state index contributed by atoms with van der Waals surface area (Å²) >= 11 is 0. The zero-order valence-corrected chi connectivity index (χ0v) is 12.6. The number of ketones is 1. The SMILES string of the molecule is C=C1C[C@H]2[C@H](/C=C/[C@@H](O)C3CCCCC3)[C@H](O)C[C@@H]2C1=O. The standard InChI is InChI=1S/C18H26O3/c1-11-9-14-13(17(20)10-15(14)18(11)21)7-8-16(19)12-5-3-2-4-6-12/h7-8,12-17,19-20H,1-6,9-10H2/b8-7+/t13-,14-,15-,16+,17+/m0/s1. The van der Waals surface area contributed by atoms with Gasteiger partial charge in [0.25, 0.3) is 0 Å². The van der Waals surface area contributed by atoms with Crippen LogP contribution in [-0.4, -0.2) is 28.2 Å². The zero-order chi connectivity index (χ0) is 15.0. The number of hydrogen-bond donors (Lipinski definition) is 2. The van der Waals surface area contributed by atoms with Gasteiger partial charge in [-0.05, 0) is 43.1 Å². The molecule has 0 radical (unpaired) electrons. The Labute approximate surface area is 126 Å². The quantitative estimate of drug-likeness (QED) is 0.620. The van der Waals surface area contributed by atoms with Crippen LogP contribution in [0.4, 0.5) is 0 Å². The number of carbonyl (C=O) groups is 1. The lowest BCUT2D eigenvalue weighted by Crippen LogP contribution is -2.22. The molecule has 3 rings (SSSR count). The maximum absolute atomic E-state index is 12.0. The lowest BCUT2D eigenvalue weighted by molar-refractivity contribution is -0.118. The molecule has 0 aromatic carbocycles. The van der Waals surface area contributed by atoms with Gasteiger partial charge >= 0.3 is 0 Å². The molecule has 0 aromatic heterocycles. The fourth-order valence-corrected chi connectivity index (χ4v) is 4.52. The molecule has 0 aliphatic heterocycles. The third-order valence-corrected chi connectivity index (χ3v) is 5.78. The van der Waals surface area contributed by atoms with Crippen LogP contribution in [0, 0.1) is 23.7 Å². The normalized spacial score (nSPS) is 39.1. The summed E-state index contributed by atoms with van der Waals surface area (Å²) in [5.41, 5.74) is 0.711. The van der Waals surface area contributed by atoms with E-state index in [9.17, 15) is 15.0 Å². The second-order valence-electron chi connectivity index (χ2n) is 7.10. The highest BCUT2D eigenvalue weighted by molar-refractivity contribution is 5.99. The van der Waals surface area contributed by atoms with E-state index in [1.807, 2.05) is 12.2 Å². The Morgan fingerprint density at radius 2 is 1.95 bits per heavy atom. The molecule has 0 aromatic rings. The molecule has 0 spiro atoms. The Balaban J connectivity index is 1.64. The van der Waals surface area contributed by atoms with E-state index in [0.717, 1.165) is 12.8 Å². The lowest BCUT2D eigenvalue weighted by atomic mass is 9.84. The Bertz CT molecular complexity index is 447. The smallest absolute Gasteiger partial charge is 0.161 e. The number of allylic oxidation sites excluding steroid dienone is 1. The maximum Gasteiger partial charge on any atom is 0.161 e. The van der Waals surface area contributed by atoms with Crippen molar-refractivity contribution < 1.29 is 15.0 Å². The first-order valence-corrected chi connectivity index (χ1v) is 8.34. The predicted molar refractivity (Wildman–Crippen MR) is 81.6 cm³/mol. The van der Waals surface area contributed by atoms with E-state index >= 15 is 0 Å². The molecule has 0 bridgehead atoms. The summed E-state index contributed by atoms with van der Waals surface area (Å²) in [5, 5.41) is 20.5. The van der Waals surface area contributed by atoms with Crippen LogP contribution in [0.15, 0.2) is 24.3 Å². The minimum Gasteiger partial charge on any atom is -0.392 e. The molecule has 0 heterocycles. The average molecular weight is 290 g/mol. The number of Topliss-reactive ketones (excluding diaryl/α,β-unsaturated/α-hetero) is 1. The van der Waals surface area contributed by atoms with Gasteiger partial charge in [-0.3, -0.25) is 4.79 Å². The van der Waals surface area contributed by atoms with E-state index in [4.69, 9.17) is 0 Å². The van der Waals surface area contributed by atoms with Crippen LogP contribution in [0.1, 0.15) is 44.9 Å². The van der Waals surface area contributed by atoms with Crippen molar-refractivity contribution in [1.82, 2.24) is 0 Å². The molecule has 5 atom stereocenters. The van der Waals surface area contributed by atoms with Crippen molar-refractivity contribution in [3.05, 3.63) is 24.3 Å². The van der Waals surface area contributed by atoms with E-state index in [1.165, 1.54) is 19.3 Å². The highest BCUT2D eigenvalue weighted by atomic mass is 16.3. The third-order valence-electron chi connectivity index (χ3n) is 5.78. The summed E-state index contributed by atoms with van der Waals surface area (Å²) in [6.07, 6.45) is 10.1. The molecule has 3 aliphatic carbocycles. The minimum absolute atomic E-state index is 0.00330. The fourth-order valence-electron chi connectivity index (χ4n) is 4.52. The van der Waals surface area contributed by atoms with Crippen molar-refractivity contribution >= 4 is 5.78 Å². The van der Waals surface area contributed by atoms with Crippen molar-refractivity contribution in [1.29, 1.82) is 0 Å². The zero-order valence-electron chi connectivity index (χ0n) is 12.6. The molecule has 3 saturated carbocycles. The summed E-state index contributed by atoms with van der Waals surface area (Å²) in [4.78, 5) is 12.0. The number of carbonyl (C=O) groups excluding carboxylic acids is 1. The minimum atomic E-state index is -0.452. The van der Waals surface area contributed by atoms with Crippen LogP contribution in [0.25, 0.3) is 0 Å². The second-order valence-corrected chi connectivity index (χ2v) is 7.10. The van der Waals surface area contributed by atoms with Crippen molar-refractivity contribution in [2.75, 3.05) is 0 Å². The molecule has 3 heteroatoms. The molecule has 3 nitrogen and oxygen atoms in total. The molecular weight excluding hydrogens is 264 g/mol. The number of aliphatic hydroxyl groups is 2. The van der Waals surface area contributed by atoms with Crippen molar-refractivity contribution in [2.24, 2.45) is 23.7 Å². The number of hydrogen-bond acceptors (Lipinski definition) is 3. The highest BCUT2D eigenvalue weighted by Crippen LogP contribution is 2.48. The van der Waals surface area contributed by atoms with Crippen LogP contribution in [0.5, 0.6) is 0 Å². The van der Waals surface area contributed by atoms with E-state index in [1.54, 1.807) is 0 Å². The average Bonchev–Trinajstić information content (AvgIpc) is 2.94. The van der Waals surface area contributed by atoms with Gasteiger partial charge in [0.1, 0.15) is 0 Å². The Hall–Kier alpha value is -0.930. The largest absolute Gasteiger partial charge is 0.392 e.